The van der Waals surface area contributed by atoms with Gasteiger partial charge < -0.3 is 14.5 Å². The monoisotopic (exact) mass is 391 g/mol. The second-order valence-corrected chi connectivity index (χ2v) is 7.34. The largest absolute Gasteiger partial charge is 0.443 e. The maximum absolute atomic E-state index is 10.2. The number of nitrogens with one attached hydrogen (secondary N) is 2. The molecule has 0 aliphatic carbocycles. The predicted molar refractivity (Wildman–Crippen MR) is 97.4 cm³/mol. The Morgan fingerprint density at radius 3 is 2.46 bits per heavy atom. The van der Waals surface area contributed by atoms with Gasteiger partial charge in [-0.25, -0.2) is 0 Å². The van der Waals surface area contributed by atoms with Crippen molar-refractivity contribution in [2.24, 2.45) is 16.7 Å². The third-order valence-corrected chi connectivity index (χ3v) is 6.04. The number of rotatable bonds is 2. The molecule has 2 bridgehead atoms. The minimum atomic E-state index is -1.98. The Morgan fingerprint density at radius 2 is 1.89 bits per heavy atom. The summed E-state index contributed by atoms with van der Waals surface area (Å²) in [5, 5.41) is 39.2. The molecular weight excluding hydrogens is 378 g/mol. The molecule has 2 aliphatic heterocycles. The summed E-state index contributed by atoms with van der Waals surface area (Å²) < 4.78 is 12.2. The van der Waals surface area contributed by atoms with E-state index in [2.05, 4.69) is 11.1 Å². The molecule has 1 aromatic carbocycles. The quantitative estimate of drug-likeness (QED) is 0.804. The molecule has 28 heavy (non-hydrogen) atoms. The zero-order valence-electron chi connectivity index (χ0n) is 14.7. The molecule has 2 N–H and O–H groups in total. The molecule has 4 unspecified atom stereocenters. The van der Waals surface area contributed by atoms with Crippen LogP contribution in [0.4, 0.5) is 0 Å². The van der Waals surface area contributed by atoms with Gasteiger partial charge in [-0.05, 0) is 24.3 Å². The van der Waals surface area contributed by atoms with Crippen LogP contribution in [-0.2, 0) is 15.3 Å². The van der Waals surface area contributed by atoms with Crippen molar-refractivity contribution in [1.82, 2.24) is 4.98 Å². The SMILES string of the molecule is CC1C2(c3cccc(Cl)c3)OC(=N)C1(C#N)C(C#N)(C#N)C(c1ccc[nH]1)O2. The van der Waals surface area contributed by atoms with Gasteiger partial charge in [-0.15, -0.1) is 0 Å². The smallest absolute Gasteiger partial charge is 0.244 e. The zero-order chi connectivity index (χ0) is 20.2. The summed E-state index contributed by atoms with van der Waals surface area (Å²) in [6.07, 6.45) is 0.491. The molecule has 0 saturated carbocycles. The molecule has 1 aromatic heterocycles. The van der Waals surface area contributed by atoms with Crippen LogP contribution >= 0.6 is 11.6 Å². The third-order valence-electron chi connectivity index (χ3n) is 5.80. The molecule has 7 nitrogen and oxygen atoms in total. The first-order valence-corrected chi connectivity index (χ1v) is 8.88. The highest BCUT2D eigenvalue weighted by molar-refractivity contribution is 6.30. The molecule has 138 valence electrons. The number of aromatic amines is 1. The first-order valence-electron chi connectivity index (χ1n) is 8.51. The number of H-pyrrole nitrogens is 1. The molecule has 3 heterocycles. The van der Waals surface area contributed by atoms with Crippen LogP contribution in [0.25, 0.3) is 0 Å². The number of halogens is 1. The fraction of sp³-hybridized carbons (Fsp3) is 0.300. The summed E-state index contributed by atoms with van der Waals surface area (Å²) >= 11 is 6.16. The molecule has 4 atom stereocenters. The van der Waals surface area contributed by atoms with Crippen molar-refractivity contribution >= 4 is 17.5 Å². The van der Waals surface area contributed by atoms with E-state index in [1.807, 2.05) is 12.1 Å². The van der Waals surface area contributed by atoms with E-state index in [1.165, 1.54) is 0 Å². The van der Waals surface area contributed by atoms with Gasteiger partial charge in [-0.1, -0.05) is 30.7 Å². The van der Waals surface area contributed by atoms with Gasteiger partial charge in [0.05, 0.1) is 24.1 Å². The number of nitriles is 3. The molecular formula is C20H14ClN5O2. The van der Waals surface area contributed by atoms with E-state index in [4.69, 9.17) is 26.5 Å². The summed E-state index contributed by atoms with van der Waals surface area (Å²) in [4.78, 5) is 2.96. The van der Waals surface area contributed by atoms with Gasteiger partial charge >= 0.3 is 0 Å². The van der Waals surface area contributed by atoms with Gasteiger partial charge in [0.1, 0.15) is 6.10 Å². The lowest BCUT2D eigenvalue weighted by molar-refractivity contribution is -0.289. The standard InChI is InChI=1S/C20H14ClN5O2/c1-12-19(11-24)17(25)28-20(12,13-4-2-5-14(21)8-13)27-16(15-6-3-7-26-15)18(19,9-22)10-23/h2-8,12,16,25-26H,1H3. The number of aromatic nitrogens is 1. The van der Waals surface area contributed by atoms with Gasteiger partial charge in [0.25, 0.3) is 0 Å². The highest BCUT2D eigenvalue weighted by atomic mass is 35.5. The van der Waals surface area contributed by atoms with Crippen LogP contribution in [0, 0.1) is 56.2 Å². The maximum Gasteiger partial charge on any atom is 0.244 e. The molecule has 2 aliphatic rings. The van der Waals surface area contributed by atoms with Crippen LogP contribution in [0.1, 0.15) is 24.3 Å². The van der Waals surface area contributed by atoms with E-state index in [9.17, 15) is 15.8 Å². The van der Waals surface area contributed by atoms with Gasteiger partial charge in [0.15, 0.2) is 5.41 Å². The van der Waals surface area contributed by atoms with Gasteiger partial charge in [0, 0.05) is 22.5 Å². The summed E-state index contributed by atoms with van der Waals surface area (Å²) in [7, 11) is 0. The number of nitrogens with zero attached hydrogens (tertiary/aromatic N) is 3. The number of hydrogen-bond donors (Lipinski definition) is 2. The van der Waals surface area contributed by atoms with Crippen molar-refractivity contribution in [2.45, 2.75) is 18.8 Å². The number of ether oxygens (including phenoxy) is 2. The summed E-state index contributed by atoms with van der Waals surface area (Å²) in [5.41, 5.74) is -2.86. The summed E-state index contributed by atoms with van der Waals surface area (Å²) in [5.74, 6) is -2.81. The Kier molecular flexibility index (Phi) is 3.77. The number of benzene rings is 1. The van der Waals surface area contributed by atoms with Crippen molar-refractivity contribution in [2.75, 3.05) is 0 Å². The Labute approximate surface area is 166 Å². The molecule has 2 fully saturated rings. The van der Waals surface area contributed by atoms with Gasteiger partial charge in [-0.2, -0.15) is 15.8 Å². The third kappa shape index (κ3) is 1.86. The number of hydrogen-bond acceptors (Lipinski definition) is 6. The fourth-order valence-corrected chi connectivity index (χ4v) is 4.55. The van der Waals surface area contributed by atoms with Crippen LogP contribution in [-0.4, -0.2) is 10.9 Å². The molecule has 0 spiro atoms. The van der Waals surface area contributed by atoms with Crippen molar-refractivity contribution in [1.29, 1.82) is 21.2 Å². The van der Waals surface area contributed by atoms with Crippen LogP contribution in [0.3, 0.4) is 0 Å². The van der Waals surface area contributed by atoms with E-state index in [1.54, 1.807) is 49.5 Å². The summed E-state index contributed by atoms with van der Waals surface area (Å²) in [6.45, 7) is 1.65. The maximum atomic E-state index is 10.2. The summed E-state index contributed by atoms with van der Waals surface area (Å²) in [6, 6.07) is 16.2. The predicted octanol–water partition coefficient (Wildman–Crippen LogP) is 3.78. The normalized spacial score (nSPS) is 32.6. The van der Waals surface area contributed by atoms with Crippen LogP contribution in [0.2, 0.25) is 5.02 Å². The first-order chi connectivity index (χ1) is 13.4. The Balaban J connectivity index is 2.05. The van der Waals surface area contributed by atoms with Crippen molar-refractivity contribution in [3.05, 3.63) is 58.9 Å². The lowest BCUT2D eigenvalue weighted by atomic mass is 9.54. The fourth-order valence-electron chi connectivity index (χ4n) is 4.36. The van der Waals surface area contributed by atoms with Crippen LogP contribution < -0.4 is 0 Å². The highest BCUT2D eigenvalue weighted by Gasteiger charge is 2.80. The molecule has 2 saturated heterocycles. The first kappa shape index (κ1) is 18.1. The zero-order valence-corrected chi connectivity index (χ0v) is 15.5. The average Bonchev–Trinajstić information content (AvgIpc) is 3.28. The van der Waals surface area contributed by atoms with E-state index in [0.717, 1.165) is 0 Å². The molecule has 0 radical (unpaired) electrons. The van der Waals surface area contributed by atoms with E-state index >= 15 is 0 Å². The Hall–Kier alpha value is -3.31. The minimum absolute atomic E-state index is 0.432. The second-order valence-electron chi connectivity index (χ2n) is 6.91. The molecule has 8 heteroatoms. The Morgan fingerprint density at radius 1 is 1.14 bits per heavy atom. The molecule has 2 aromatic rings. The van der Waals surface area contributed by atoms with E-state index < -0.39 is 34.5 Å². The van der Waals surface area contributed by atoms with Crippen LogP contribution in [0.15, 0.2) is 42.6 Å². The van der Waals surface area contributed by atoms with E-state index in [-0.39, 0.29) is 0 Å². The lowest BCUT2D eigenvalue weighted by Crippen LogP contribution is -2.57. The Bertz CT molecular complexity index is 1080. The average molecular weight is 392 g/mol. The molecule has 0 amide bonds. The van der Waals surface area contributed by atoms with Crippen molar-refractivity contribution < 1.29 is 9.47 Å². The highest BCUT2D eigenvalue weighted by Crippen LogP contribution is 2.68. The number of fused-ring (bicyclic) bond motifs is 2. The topological polar surface area (TPSA) is 129 Å². The van der Waals surface area contributed by atoms with Gasteiger partial charge in [-0.3, -0.25) is 5.41 Å². The van der Waals surface area contributed by atoms with Crippen molar-refractivity contribution in [3.63, 3.8) is 0 Å². The second kappa shape index (κ2) is 5.84. The van der Waals surface area contributed by atoms with Crippen LogP contribution in [0.5, 0.6) is 0 Å². The minimum Gasteiger partial charge on any atom is -0.443 e. The van der Waals surface area contributed by atoms with Crippen molar-refractivity contribution in [3.8, 4) is 18.2 Å². The van der Waals surface area contributed by atoms with E-state index in [0.29, 0.717) is 16.3 Å². The lowest BCUT2D eigenvalue weighted by Gasteiger charge is -2.48. The molecule has 4 rings (SSSR count). The van der Waals surface area contributed by atoms with Gasteiger partial charge in [0.2, 0.25) is 17.1 Å².